The van der Waals surface area contributed by atoms with Gasteiger partial charge in [0.2, 0.25) is 0 Å². The fourth-order valence-electron chi connectivity index (χ4n) is 1.46. The molecular formula is C10H7BBrNO2. The first-order valence-electron chi connectivity index (χ1n) is 4.27. The Hall–Kier alpha value is -0.905. The molecule has 0 aliphatic rings. The molecule has 1 aromatic carbocycles. The minimum atomic E-state index is -2.35. The van der Waals surface area contributed by atoms with Crippen LogP contribution in [-0.2, 0) is 5.69 Å². The molecule has 15 heavy (non-hydrogen) atoms. The first-order valence-corrected chi connectivity index (χ1v) is 5.07. The summed E-state index contributed by atoms with van der Waals surface area (Å²) in [6.07, 6.45) is 1.63. The lowest BCUT2D eigenvalue weighted by Crippen LogP contribution is -2.25. The van der Waals surface area contributed by atoms with E-state index in [1.807, 2.05) is 0 Å². The van der Waals surface area contributed by atoms with Gasteiger partial charge in [-0.3, -0.25) is 4.98 Å². The minimum Gasteiger partial charge on any atom is -0.371 e. The third-order valence-corrected chi connectivity index (χ3v) is 2.76. The molecule has 0 spiro atoms. The van der Waals surface area contributed by atoms with Crippen LogP contribution in [0.5, 0.6) is 0 Å². The van der Waals surface area contributed by atoms with Crippen LogP contribution >= 0.6 is 15.9 Å². The number of aliphatic hydroxyl groups is 2. The molecule has 2 aromatic rings. The molecule has 2 radical (unpaired) electrons. The Kier molecular flexibility index (Phi) is 2.54. The van der Waals surface area contributed by atoms with Crippen LogP contribution in [0.2, 0.25) is 0 Å². The highest BCUT2D eigenvalue weighted by molar-refractivity contribution is 9.10. The van der Waals surface area contributed by atoms with Gasteiger partial charge in [-0.1, -0.05) is 12.1 Å². The lowest BCUT2D eigenvalue weighted by molar-refractivity contribution is -0.0898. The molecule has 2 rings (SSSR count). The van der Waals surface area contributed by atoms with Crippen molar-refractivity contribution in [1.29, 1.82) is 0 Å². The van der Waals surface area contributed by atoms with Crippen molar-refractivity contribution in [2.45, 2.75) is 5.69 Å². The van der Waals surface area contributed by atoms with Gasteiger partial charge in [0.15, 0.2) is 7.85 Å². The van der Waals surface area contributed by atoms with Crippen LogP contribution in [0.1, 0.15) is 5.56 Å². The Labute approximate surface area is 96.3 Å². The molecule has 74 valence electrons. The average Bonchev–Trinajstić information content (AvgIpc) is 2.17. The molecule has 0 atom stereocenters. The molecule has 0 amide bonds. The summed E-state index contributed by atoms with van der Waals surface area (Å²) in [5.41, 5.74) is -1.47. The summed E-state index contributed by atoms with van der Waals surface area (Å²) >= 11 is 3.33. The Balaban J connectivity index is 2.84. The van der Waals surface area contributed by atoms with E-state index in [2.05, 4.69) is 20.9 Å². The SMILES string of the molecule is [B]C(O)(O)c1ccc(Br)c2ncccc12. The fraction of sp³-hybridized carbons (Fsp3) is 0.100. The van der Waals surface area contributed by atoms with Crippen molar-refractivity contribution in [3.63, 3.8) is 0 Å². The van der Waals surface area contributed by atoms with Gasteiger partial charge >= 0.3 is 0 Å². The molecule has 0 bridgehead atoms. The molecule has 0 unspecified atom stereocenters. The first-order chi connectivity index (χ1) is 7.00. The van der Waals surface area contributed by atoms with Crippen molar-refractivity contribution in [2.24, 2.45) is 0 Å². The normalized spacial score (nSPS) is 11.9. The maximum atomic E-state index is 9.37. The second-order valence-electron chi connectivity index (χ2n) is 3.22. The minimum absolute atomic E-state index is 0.230. The second-order valence-corrected chi connectivity index (χ2v) is 4.07. The van der Waals surface area contributed by atoms with E-state index < -0.39 is 5.69 Å². The van der Waals surface area contributed by atoms with E-state index in [1.54, 1.807) is 30.5 Å². The van der Waals surface area contributed by atoms with E-state index in [1.165, 1.54) is 0 Å². The van der Waals surface area contributed by atoms with E-state index in [0.717, 1.165) is 4.47 Å². The third kappa shape index (κ3) is 1.90. The van der Waals surface area contributed by atoms with Gasteiger partial charge in [-0.15, -0.1) is 0 Å². The summed E-state index contributed by atoms with van der Waals surface area (Å²) in [7, 11) is 5.24. The van der Waals surface area contributed by atoms with Gasteiger partial charge in [-0.25, -0.2) is 0 Å². The Bertz CT molecular complexity index is 510. The number of fused-ring (bicyclic) bond motifs is 1. The molecule has 0 saturated carbocycles. The van der Waals surface area contributed by atoms with Crippen molar-refractivity contribution in [3.05, 3.63) is 40.5 Å². The number of nitrogens with zero attached hydrogens (tertiary/aromatic N) is 1. The molecule has 1 heterocycles. The van der Waals surface area contributed by atoms with Crippen molar-refractivity contribution in [2.75, 3.05) is 0 Å². The van der Waals surface area contributed by atoms with Crippen molar-refractivity contribution in [3.8, 4) is 0 Å². The molecule has 3 nitrogen and oxygen atoms in total. The molecule has 0 aliphatic heterocycles. The van der Waals surface area contributed by atoms with Crippen LogP contribution in [0.3, 0.4) is 0 Å². The maximum Gasteiger partial charge on any atom is 0.160 e. The highest BCUT2D eigenvalue weighted by Gasteiger charge is 2.21. The number of rotatable bonds is 1. The van der Waals surface area contributed by atoms with Crippen molar-refractivity contribution in [1.82, 2.24) is 4.98 Å². The summed E-state index contributed by atoms with van der Waals surface area (Å²) in [4.78, 5) is 4.13. The second kappa shape index (κ2) is 3.59. The predicted octanol–water partition coefficient (Wildman–Crippen LogP) is 1.26. The molecule has 2 N–H and O–H groups in total. The Morgan fingerprint density at radius 1 is 1.27 bits per heavy atom. The van der Waals surface area contributed by atoms with Crippen molar-refractivity contribution >= 4 is 34.7 Å². The van der Waals surface area contributed by atoms with Crippen LogP contribution in [0.15, 0.2) is 34.9 Å². The van der Waals surface area contributed by atoms with Gasteiger partial charge in [0.05, 0.1) is 5.52 Å². The fourth-order valence-corrected chi connectivity index (χ4v) is 1.91. The standard InChI is InChI=1S/C10H7BBrNO2/c11-10(14,15)7-3-4-8(12)9-6(7)2-1-5-13-9/h1-5,14-15H. The molecule has 5 heteroatoms. The molecule has 0 saturated heterocycles. The molecule has 1 aromatic heterocycles. The third-order valence-electron chi connectivity index (χ3n) is 2.12. The summed E-state index contributed by atoms with van der Waals surface area (Å²) in [5.74, 6) is 0. The van der Waals surface area contributed by atoms with E-state index in [4.69, 9.17) is 7.85 Å². The van der Waals surface area contributed by atoms with E-state index >= 15 is 0 Å². The topological polar surface area (TPSA) is 53.4 Å². The van der Waals surface area contributed by atoms with Crippen LogP contribution in [0, 0.1) is 0 Å². The first kappa shape index (κ1) is 10.6. The van der Waals surface area contributed by atoms with Gasteiger partial charge < -0.3 is 10.2 Å². The number of halogens is 1. The molecule has 0 aliphatic carbocycles. The Morgan fingerprint density at radius 2 is 2.00 bits per heavy atom. The number of hydrogen-bond donors (Lipinski definition) is 2. The molecule has 0 fully saturated rings. The van der Waals surface area contributed by atoms with Gasteiger partial charge in [0, 0.05) is 21.6 Å². The van der Waals surface area contributed by atoms with Crippen LogP contribution in [-0.4, -0.2) is 23.0 Å². The van der Waals surface area contributed by atoms with Gasteiger partial charge in [0.25, 0.3) is 0 Å². The zero-order chi connectivity index (χ0) is 11.1. The summed E-state index contributed by atoms with van der Waals surface area (Å²) in [6.45, 7) is 0. The monoisotopic (exact) mass is 263 g/mol. The van der Waals surface area contributed by atoms with Gasteiger partial charge in [0.1, 0.15) is 5.69 Å². The average molecular weight is 264 g/mol. The van der Waals surface area contributed by atoms with Gasteiger partial charge in [-0.2, -0.15) is 0 Å². The lowest BCUT2D eigenvalue weighted by atomic mass is 9.85. The summed E-state index contributed by atoms with van der Waals surface area (Å²) < 4.78 is 0.783. The highest BCUT2D eigenvalue weighted by atomic mass is 79.9. The van der Waals surface area contributed by atoms with E-state index in [0.29, 0.717) is 10.9 Å². The Morgan fingerprint density at radius 3 is 2.67 bits per heavy atom. The highest BCUT2D eigenvalue weighted by Crippen LogP contribution is 2.29. The zero-order valence-corrected chi connectivity index (χ0v) is 9.27. The smallest absolute Gasteiger partial charge is 0.160 e. The number of benzene rings is 1. The number of aromatic nitrogens is 1. The van der Waals surface area contributed by atoms with Crippen LogP contribution < -0.4 is 0 Å². The van der Waals surface area contributed by atoms with Gasteiger partial charge in [-0.05, 0) is 28.1 Å². The quantitative estimate of drug-likeness (QED) is 0.602. The van der Waals surface area contributed by atoms with Crippen LogP contribution in [0.4, 0.5) is 0 Å². The number of pyridine rings is 1. The lowest BCUT2D eigenvalue weighted by Gasteiger charge is -2.19. The van der Waals surface area contributed by atoms with E-state index in [-0.39, 0.29) is 5.56 Å². The molecular weight excluding hydrogens is 257 g/mol. The number of hydrogen-bond acceptors (Lipinski definition) is 3. The van der Waals surface area contributed by atoms with Crippen molar-refractivity contribution < 1.29 is 10.2 Å². The largest absolute Gasteiger partial charge is 0.371 e. The zero-order valence-electron chi connectivity index (χ0n) is 7.68. The van der Waals surface area contributed by atoms with Crippen LogP contribution in [0.25, 0.3) is 10.9 Å². The maximum absolute atomic E-state index is 9.37. The summed E-state index contributed by atoms with van der Waals surface area (Å²) in [5, 5.41) is 19.3. The van der Waals surface area contributed by atoms with E-state index in [9.17, 15) is 10.2 Å². The summed E-state index contributed by atoms with van der Waals surface area (Å²) in [6, 6.07) is 6.67. The predicted molar refractivity (Wildman–Crippen MR) is 61.3 cm³/mol.